The molecule has 6 nitrogen and oxygen atoms in total. The summed E-state index contributed by atoms with van der Waals surface area (Å²) in [4.78, 5) is 35.3. The third-order valence-electron chi connectivity index (χ3n) is 6.29. The normalized spacial score (nSPS) is 18.1. The van der Waals surface area contributed by atoms with E-state index in [1.54, 1.807) is 4.57 Å². The Morgan fingerprint density at radius 1 is 1.12 bits per heavy atom. The molecule has 0 bridgehead atoms. The number of piperazine rings is 1. The summed E-state index contributed by atoms with van der Waals surface area (Å²) in [6.07, 6.45) is 1.34. The molecular formula is C25H29BrN4O2. The molecular weight excluding hydrogens is 468 g/mol. The molecule has 1 aliphatic heterocycles. The van der Waals surface area contributed by atoms with E-state index in [0.717, 1.165) is 35.5 Å². The zero-order valence-corrected chi connectivity index (χ0v) is 20.4. The fourth-order valence-corrected chi connectivity index (χ4v) is 4.92. The van der Waals surface area contributed by atoms with Crippen molar-refractivity contribution in [2.45, 2.75) is 45.7 Å². The Labute approximate surface area is 197 Å². The van der Waals surface area contributed by atoms with Gasteiger partial charge in [-0.15, -0.1) is 0 Å². The highest BCUT2D eigenvalue weighted by Crippen LogP contribution is 2.28. The van der Waals surface area contributed by atoms with E-state index in [0.29, 0.717) is 23.9 Å². The monoisotopic (exact) mass is 496 g/mol. The first-order chi connectivity index (χ1) is 15.4. The average molecular weight is 497 g/mol. The van der Waals surface area contributed by atoms with Crippen LogP contribution in [0.25, 0.3) is 16.6 Å². The lowest BCUT2D eigenvalue weighted by Crippen LogP contribution is -2.55. The predicted octanol–water partition coefficient (Wildman–Crippen LogP) is 4.54. The van der Waals surface area contributed by atoms with Crippen LogP contribution in [0, 0.1) is 0 Å². The highest BCUT2D eigenvalue weighted by Gasteiger charge is 2.32. The van der Waals surface area contributed by atoms with Crippen LogP contribution in [0.4, 0.5) is 0 Å². The molecule has 2 atom stereocenters. The second-order valence-electron chi connectivity index (χ2n) is 8.31. The number of hydrogen-bond acceptors (Lipinski definition) is 4. The number of para-hydroxylation sites is 1. The number of rotatable bonds is 5. The van der Waals surface area contributed by atoms with Crippen LogP contribution in [0.1, 0.15) is 45.5 Å². The minimum absolute atomic E-state index is 0.0303. The van der Waals surface area contributed by atoms with Gasteiger partial charge in [-0.2, -0.15) is 0 Å². The number of amides is 1. The van der Waals surface area contributed by atoms with Crippen LogP contribution in [0.15, 0.2) is 57.8 Å². The molecule has 168 valence electrons. The number of fused-ring (bicyclic) bond motifs is 1. The van der Waals surface area contributed by atoms with Gasteiger partial charge in [0.25, 0.3) is 5.56 Å². The van der Waals surface area contributed by atoms with Gasteiger partial charge in [0, 0.05) is 36.6 Å². The van der Waals surface area contributed by atoms with Crippen molar-refractivity contribution in [3.05, 3.63) is 69.2 Å². The van der Waals surface area contributed by atoms with Crippen LogP contribution in [0.5, 0.6) is 0 Å². The number of carbonyl (C=O) groups is 1. The Morgan fingerprint density at radius 2 is 1.84 bits per heavy atom. The van der Waals surface area contributed by atoms with Crippen LogP contribution < -0.4 is 5.56 Å². The maximum atomic E-state index is 13.6. The fourth-order valence-electron chi connectivity index (χ4n) is 4.66. The number of benzene rings is 2. The zero-order chi connectivity index (χ0) is 22.8. The molecule has 1 saturated heterocycles. The first-order valence-electron chi connectivity index (χ1n) is 11.3. The van der Waals surface area contributed by atoms with E-state index >= 15 is 0 Å². The maximum absolute atomic E-state index is 13.6. The van der Waals surface area contributed by atoms with Crippen LogP contribution in [-0.2, 0) is 4.79 Å². The van der Waals surface area contributed by atoms with Gasteiger partial charge >= 0.3 is 0 Å². The lowest BCUT2D eigenvalue weighted by molar-refractivity contribution is -0.135. The Morgan fingerprint density at radius 3 is 2.50 bits per heavy atom. The minimum atomic E-state index is -0.0563. The van der Waals surface area contributed by atoms with Gasteiger partial charge in [0.2, 0.25) is 5.91 Å². The third-order valence-corrected chi connectivity index (χ3v) is 6.82. The second kappa shape index (κ2) is 9.55. The van der Waals surface area contributed by atoms with Crippen molar-refractivity contribution < 1.29 is 4.79 Å². The van der Waals surface area contributed by atoms with E-state index in [1.165, 1.54) is 0 Å². The molecule has 1 amide bonds. The number of hydrogen-bond donors (Lipinski definition) is 0. The van der Waals surface area contributed by atoms with Crippen LogP contribution in [-0.4, -0.2) is 50.9 Å². The van der Waals surface area contributed by atoms with Gasteiger partial charge in [-0.05, 0) is 49.7 Å². The van der Waals surface area contributed by atoms with Crippen molar-refractivity contribution in [2.24, 2.45) is 0 Å². The fraction of sp³-hybridized carbons (Fsp3) is 0.400. The standard InChI is InChI=1S/C25H29BrN4O2/c1-4-22(28-14-15-29(17(3)16-28)23(31)5-2)24-27-21-9-7-6-8-20(21)25(32)30(24)19-12-10-18(26)11-13-19/h6-13,17,22H,4-5,14-16H2,1-3H3. The minimum Gasteiger partial charge on any atom is -0.337 e. The van der Waals surface area contributed by atoms with Crippen molar-refractivity contribution >= 4 is 32.7 Å². The predicted molar refractivity (Wildman–Crippen MR) is 131 cm³/mol. The zero-order valence-electron chi connectivity index (χ0n) is 18.8. The molecule has 1 fully saturated rings. The molecule has 2 heterocycles. The summed E-state index contributed by atoms with van der Waals surface area (Å²) in [5, 5.41) is 0.612. The smallest absolute Gasteiger partial charge is 0.266 e. The van der Waals surface area contributed by atoms with E-state index < -0.39 is 0 Å². The summed E-state index contributed by atoms with van der Waals surface area (Å²) in [7, 11) is 0. The molecule has 0 aliphatic carbocycles. The molecule has 0 N–H and O–H groups in total. The Balaban J connectivity index is 1.81. The van der Waals surface area contributed by atoms with E-state index in [4.69, 9.17) is 4.98 Å². The molecule has 1 aliphatic rings. The lowest BCUT2D eigenvalue weighted by Gasteiger charge is -2.43. The molecule has 3 aromatic rings. The Kier molecular flexibility index (Phi) is 6.76. The van der Waals surface area contributed by atoms with E-state index in [1.807, 2.05) is 60.4 Å². The van der Waals surface area contributed by atoms with E-state index in [2.05, 4.69) is 34.7 Å². The molecule has 1 aromatic heterocycles. The van der Waals surface area contributed by atoms with Crippen molar-refractivity contribution in [3.63, 3.8) is 0 Å². The SMILES string of the molecule is CCC(=O)N1CCN(C(CC)c2nc3ccccc3c(=O)n2-c2ccc(Br)cc2)CC1C. The maximum Gasteiger partial charge on any atom is 0.266 e. The molecule has 4 rings (SSSR count). The summed E-state index contributed by atoms with van der Waals surface area (Å²) in [6, 6.07) is 15.4. The van der Waals surface area contributed by atoms with Crippen molar-refractivity contribution in [1.29, 1.82) is 0 Å². The molecule has 0 spiro atoms. The molecule has 7 heteroatoms. The highest BCUT2D eigenvalue weighted by molar-refractivity contribution is 9.10. The van der Waals surface area contributed by atoms with Crippen LogP contribution in [0.2, 0.25) is 0 Å². The first-order valence-corrected chi connectivity index (χ1v) is 12.0. The molecule has 0 radical (unpaired) electrons. The average Bonchev–Trinajstić information content (AvgIpc) is 2.80. The van der Waals surface area contributed by atoms with Gasteiger partial charge in [0.05, 0.1) is 22.6 Å². The Hall–Kier alpha value is -2.51. The van der Waals surface area contributed by atoms with Gasteiger partial charge < -0.3 is 4.90 Å². The molecule has 32 heavy (non-hydrogen) atoms. The van der Waals surface area contributed by atoms with E-state index in [-0.39, 0.29) is 23.6 Å². The van der Waals surface area contributed by atoms with Crippen LogP contribution >= 0.6 is 15.9 Å². The second-order valence-corrected chi connectivity index (χ2v) is 9.23. The number of carbonyl (C=O) groups excluding carboxylic acids is 1. The number of halogens is 1. The summed E-state index contributed by atoms with van der Waals surface area (Å²) in [5.41, 5.74) is 1.46. The molecule has 2 aromatic carbocycles. The Bertz CT molecular complexity index is 1170. The van der Waals surface area contributed by atoms with Crippen LogP contribution in [0.3, 0.4) is 0 Å². The lowest BCUT2D eigenvalue weighted by atomic mass is 10.1. The van der Waals surface area contributed by atoms with Gasteiger partial charge in [0.15, 0.2) is 0 Å². The van der Waals surface area contributed by atoms with Gasteiger partial charge in [-0.1, -0.05) is 41.9 Å². The highest BCUT2D eigenvalue weighted by atomic mass is 79.9. The molecule has 0 saturated carbocycles. The number of nitrogens with zero attached hydrogens (tertiary/aromatic N) is 4. The summed E-state index contributed by atoms with van der Waals surface area (Å²) >= 11 is 3.49. The topological polar surface area (TPSA) is 58.4 Å². The number of aromatic nitrogens is 2. The summed E-state index contributed by atoms with van der Waals surface area (Å²) < 4.78 is 2.72. The van der Waals surface area contributed by atoms with Crippen molar-refractivity contribution in [2.75, 3.05) is 19.6 Å². The molecule has 2 unspecified atom stereocenters. The van der Waals surface area contributed by atoms with Gasteiger partial charge in [0.1, 0.15) is 5.82 Å². The quantitative estimate of drug-likeness (QED) is 0.520. The summed E-state index contributed by atoms with van der Waals surface area (Å²) in [6.45, 7) is 8.35. The van der Waals surface area contributed by atoms with Gasteiger partial charge in [-0.3, -0.25) is 19.1 Å². The van der Waals surface area contributed by atoms with Crippen molar-refractivity contribution in [1.82, 2.24) is 19.4 Å². The first kappa shape index (κ1) is 22.7. The van der Waals surface area contributed by atoms with Gasteiger partial charge in [-0.25, -0.2) is 4.98 Å². The largest absolute Gasteiger partial charge is 0.337 e. The third kappa shape index (κ3) is 4.24. The van der Waals surface area contributed by atoms with Crippen molar-refractivity contribution in [3.8, 4) is 5.69 Å². The van der Waals surface area contributed by atoms with E-state index in [9.17, 15) is 9.59 Å². The summed E-state index contributed by atoms with van der Waals surface area (Å²) in [5.74, 6) is 0.946.